The predicted molar refractivity (Wildman–Crippen MR) is 104 cm³/mol. The third kappa shape index (κ3) is 2.64. The number of hydrogen-bond acceptors (Lipinski definition) is 4. The Hall–Kier alpha value is -1.89. The van der Waals surface area contributed by atoms with E-state index in [0.29, 0.717) is 16.8 Å². The molecule has 3 aromatic rings. The summed E-state index contributed by atoms with van der Waals surface area (Å²) >= 11 is 7.80. The molecule has 5 nitrogen and oxygen atoms in total. The molecule has 4 heterocycles. The quantitative estimate of drug-likeness (QED) is 0.675. The predicted octanol–water partition coefficient (Wildman–Crippen LogP) is 3.64. The number of fused-ring (bicyclic) bond motifs is 2. The molecule has 5 rings (SSSR count). The van der Waals surface area contributed by atoms with E-state index in [9.17, 15) is 4.79 Å². The maximum absolute atomic E-state index is 13.1. The molecule has 0 saturated carbocycles. The Kier molecular flexibility index (Phi) is 3.99. The molecule has 7 heteroatoms. The van der Waals surface area contributed by atoms with Gasteiger partial charge in [0.25, 0.3) is 5.91 Å². The smallest absolute Gasteiger partial charge is 0.271 e. The van der Waals surface area contributed by atoms with Crippen LogP contribution in [0.2, 0.25) is 5.02 Å². The molecule has 0 radical (unpaired) electrons. The Labute approximate surface area is 160 Å². The monoisotopic (exact) mass is 386 g/mol. The second kappa shape index (κ2) is 6.37. The standard InChI is InChI=1S/C19H19ClN4OS/c20-15-6-2-1-5-14(15)16-11-24-17(12-26-19(24)21-16)18(25)23-9-8-22-7-3-4-13(22)10-23/h1-2,5-6,11-13H,3-4,7-10H2/t13-/m0/s1. The topological polar surface area (TPSA) is 40.9 Å². The Morgan fingerprint density at radius 3 is 3.00 bits per heavy atom. The van der Waals surface area contributed by atoms with Gasteiger partial charge in [0.15, 0.2) is 4.96 Å². The maximum Gasteiger partial charge on any atom is 0.271 e. The summed E-state index contributed by atoms with van der Waals surface area (Å²) in [7, 11) is 0. The van der Waals surface area contributed by atoms with E-state index in [1.54, 1.807) is 0 Å². The van der Waals surface area contributed by atoms with Crippen LogP contribution in [0, 0.1) is 0 Å². The first-order valence-electron chi connectivity index (χ1n) is 8.95. The zero-order chi connectivity index (χ0) is 17.7. The number of imidazole rings is 1. The lowest BCUT2D eigenvalue weighted by molar-refractivity contribution is 0.0565. The Morgan fingerprint density at radius 1 is 1.23 bits per heavy atom. The van der Waals surface area contributed by atoms with Crippen molar-refractivity contribution in [2.45, 2.75) is 18.9 Å². The van der Waals surface area contributed by atoms with Crippen molar-refractivity contribution >= 4 is 33.8 Å². The molecular formula is C19H19ClN4OS. The summed E-state index contributed by atoms with van der Waals surface area (Å²) < 4.78 is 1.91. The van der Waals surface area contributed by atoms with Crippen molar-refractivity contribution in [3.63, 3.8) is 0 Å². The van der Waals surface area contributed by atoms with Crippen molar-refractivity contribution < 1.29 is 4.79 Å². The zero-order valence-corrected chi connectivity index (χ0v) is 15.8. The normalized spacial score (nSPS) is 20.7. The van der Waals surface area contributed by atoms with Crippen LogP contribution in [0.3, 0.4) is 0 Å². The van der Waals surface area contributed by atoms with Crippen molar-refractivity contribution in [2.24, 2.45) is 0 Å². The average Bonchev–Trinajstić information content (AvgIpc) is 3.36. The van der Waals surface area contributed by atoms with Gasteiger partial charge in [-0.25, -0.2) is 4.98 Å². The highest BCUT2D eigenvalue weighted by Gasteiger charge is 2.33. The Bertz CT molecular complexity index is 981. The fourth-order valence-corrected chi connectivity index (χ4v) is 5.15. The van der Waals surface area contributed by atoms with E-state index in [2.05, 4.69) is 9.88 Å². The number of thiazole rings is 1. The molecule has 2 aliphatic heterocycles. The lowest BCUT2D eigenvalue weighted by Crippen LogP contribution is -2.52. The lowest BCUT2D eigenvalue weighted by atomic mass is 10.1. The number of carbonyl (C=O) groups excluding carboxylic acids is 1. The molecule has 0 unspecified atom stereocenters. The fraction of sp³-hybridized carbons (Fsp3) is 0.368. The molecule has 1 aromatic carbocycles. The number of aromatic nitrogens is 2. The van der Waals surface area contributed by atoms with Crippen LogP contribution in [0.1, 0.15) is 23.3 Å². The van der Waals surface area contributed by atoms with Gasteiger partial charge >= 0.3 is 0 Å². The Balaban J connectivity index is 1.46. The molecule has 1 atom stereocenters. The second-order valence-corrected chi connectivity index (χ2v) is 8.21. The Morgan fingerprint density at radius 2 is 2.12 bits per heavy atom. The van der Waals surface area contributed by atoms with Gasteiger partial charge in [0, 0.05) is 42.8 Å². The van der Waals surface area contributed by atoms with Gasteiger partial charge in [-0.15, -0.1) is 11.3 Å². The highest BCUT2D eigenvalue weighted by atomic mass is 35.5. The maximum atomic E-state index is 13.1. The third-order valence-corrected chi connectivity index (χ3v) is 6.62. The highest BCUT2D eigenvalue weighted by Crippen LogP contribution is 2.30. The minimum absolute atomic E-state index is 0.103. The van der Waals surface area contributed by atoms with Gasteiger partial charge in [-0.1, -0.05) is 29.8 Å². The summed E-state index contributed by atoms with van der Waals surface area (Å²) in [6, 6.07) is 8.19. The number of carbonyl (C=O) groups is 1. The molecule has 0 aliphatic carbocycles. The SMILES string of the molecule is O=C(c1csc2nc(-c3ccccc3Cl)cn12)N1CCN2CCC[C@H]2C1. The molecule has 0 N–H and O–H groups in total. The van der Waals surface area contributed by atoms with Crippen molar-refractivity contribution in [3.8, 4) is 11.3 Å². The zero-order valence-electron chi connectivity index (χ0n) is 14.3. The third-order valence-electron chi connectivity index (χ3n) is 5.45. The van der Waals surface area contributed by atoms with Crippen LogP contribution in [-0.2, 0) is 0 Å². The molecule has 26 heavy (non-hydrogen) atoms. The van der Waals surface area contributed by atoms with Gasteiger partial charge in [0.2, 0.25) is 0 Å². The summed E-state index contributed by atoms with van der Waals surface area (Å²) in [5.41, 5.74) is 2.39. The van der Waals surface area contributed by atoms with Gasteiger partial charge in [-0.05, 0) is 25.5 Å². The first-order chi connectivity index (χ1) is 12.7. The van der Waals surface area contributed by atoms with Gasteiger partial charge in [-0.3, -0.25) is 14.1 Å². The van der Waals surface area contributed by atoms with Crippen molar-refractivity contribution in [2.75, 3.05) is 26.2 Å². The molecule has 2 aliphatic rings. The van der Waals surface area contributed by atoms with Crippen molar-refractivity contribution in [1.82, 2.24) is 19.2 Å². The van der Waals surface area contributed by atoms with Gasteiger partial charge < -0.3 is 4.90 Å². The summed E-state index contributed by atoms with van der Waals surface area (Å²) in [6.45, 7) is 3.80. The molecule has 1 amide bonds. The molecular weight excluding hydrogens is 368 g/mol. The largest absolute Gasteiger partial charge is 0.334 e. The molecule has 2 fully saturated rings. The van der Waals surface area contributed by atoms with Crippen LogP contribution >= 0.6 is 22.9 Å². The minimum Gasteiger partial charge on any atom is -0.334 e. The van der Waals surface area contributed by atoms with Crippen molar-refractivity contribution in [1.29, 1.82) is 0 Å². The average molecular weight is 387 g/mol. The van der Waals surface area contributed by atoms with Crippen LogP contribution in [-0.4, -0.2) is 57.3 Å². The lowest BCUT2D eigenvalue weighted by Gasteiger charge is -2.37. The summed E-state index contributed by atoms with van der Waals surface area (Å²) in [4.78, 5) is 23.1. The minimum atomic E-state index is 0.103. The molecule has 134 valence electrons. The first-order valence-corrected chi connectivity index (χ1v) is 10.2. The highest BCUT2D eigenvalue weighted by molar-refractivity contribution is 7.15. The number of halogens is 1. The molecule has 0 spiro atoms. The number of nitrogens with zero attached hydrogens (tertiary/aromatic N) is 4. The summed E-state index contributed by atoms with van der Waals surface area (Å²) in [5.74, 6) is 0.103. The van der Waals surface area contributed by atoms with Crippen LogP contribution in [0.15, 0.2) is 35.8 Å². The van der Waals surface area contributed by atoms with Gasteiger partial charge in [0.1, 0.15) is 5.69 Å². The van der Waals surface area contributed by atoms with E-state index in [-0.39, 0.29) is 5.91 Å². The molecule has 2 aromatic heterocycles. The van der Waals surface area contributed by atoms with Crippen LogP contribution in [0.25, 0.3) is 16.2 Å². The van der Waals surface area contributed by atoms with Crippen LogP contribution < -0.4 is 0 Å². The van der Waals surface area contributed by atoms with E-state index >= 15 is 0 Å². The van der Waals surface area contributed by atoms with Crippen molar-refractivity contribution in [3.05, 3.63) is 46.6 Å². The van der Waals surface area contributed by atoms with E-state index in [4.69, 9.17) is 11.6 Å². The summed E-state index contributed by atoms with van der Waals surface area (Å²) in [6.07, 6.45) is 4.37. The van der Waals surface area contributed by atoms with Gasteiger partial charge in [0.05, 0.1) is 10.7 Å². The molecule has 2 saturated heterocycles. The van der Waals surface area contributed by atoms with E-state index in [1.165, 1.54) is 30.7 Å². The van der Waals surface area contributed by atoms with Crippen LogP contribution in [0.5, 0.6) is 0 Å². The molecule has 0 bridgehead atoms. The van der Waals surface area contributed by atoms with E-state index in [1.807, 2.05) is 45.1 Å². The van der Waals surface area contributed by atoms with Crippen LogP contribution in [0.4, 0.5) is 0 Å². The number of amides is 1. The van der Waals surface area contributed by atoms with E-state index < -0.39 is 0 Å². The van der Waals surface area contributed by atoms with Gasteiger partial charge in [-0.2, -0.15) is 0 Å². The first kappa shape index (κ1) is 16.3. The summed E-state index contributed by atoms with van der Waals surface area (Å²) in [5, 5.41) is 2.59. The van der Waals surface area contributed by atoms with E-state index in [0.717, 1.165) is 35.9 Å². The number of piperazine rings is 1. The fourth-order valence-electron chi connectivity index (χ4n) is 4.07. The number of rotatable bonds is 2. The number of hydrogen-bond donors (Lipinski definition) is 0. The second-order valence-electron chi connectivity index (χ2n) is 6.96. The number of benzene rings is 1.